The molecular weight excluding hydrogens is 312 g/mol. The Morgan fingerprint density at radius 3 is 2.48 bits per heavy atom. The van der Waals surface area contributed by atoms with Crippen LogP contribution in [0.4, 0.5) is 15.8 Å². The van der Waals surface area contributed by atoms with E-state index in [-0.39, 0.29) is 11.3 Å². The van der Waals surface area contributed by atoms with Gasteiger partial charge in [0, 0.05) is 5.56 Å². The van der Waals surface area contributed by atoms with E-state index in [9.17, 15) is 4.79 Å². The molecule has 0 aliphatic rings. The van der Waals surface area contributed by atoms with Gasteiger partial charge in [0.05, 0.1) is 5.56 Å². The van der Waals surface area contributed by atoms with Crippen LogP contribution in [0.5, 0.6) is 0 Å². The summed E-state index contributed by atoms with van der Waals surface area (Å²) >= 11 is 1.20. The van der Waals surface area contributed by atoms with Gasteiger partial charge < -0.3 is 10.8 Å². The smallest absolute Gasteiger partial charge is 0.337 e. The lowest BCUT2D eigenvalue weighted by atomic mass is 10.2. The maximum absolute atomic E-state index is 11.2. The summed E-state index contributed by atoms with van der Waals surface area (Å²) in [5.41, 5.74) is 7.66. The van der Waals surface area contributed by atoms with Crippen molar-refractivity contribution >= 4 is 33.1 Å². The third-order valence-corrected chi connectivity index (χ3v) is 3.82. The molecule has 6 nitrogen and oxygen atoms in total. The lowest BCUT2D eigenvalue weighted by molar-refractivity contribution is 0.0698. The van der Waals surface area contributed by atoms with E-state index in [1.807, 2.05) is 30.3 Å². The van der Waals surface area contributed by atoms with Crippen molar-refractivity contribution in [1.82, 2.24) is 4.98 Å². The van der Waals surface area contributed by atoms with Crippen molar-refractivity contribution in [3.63, 3.8) is 0 Å². The number of carboxylic acid groups (broad SMARTS) is 1. The number of hydrogen-bond acceptors (Lipinski definition) is 6. The molecule has 0 saturated heterocycles. The highest BCUT2D eigenvalue weighted by atomic mass is 32.1. The highest BCUT2D eigenvalue weighted by molar-refractivity contribution is 7.19. The van der Waals surface area contributed by atoms with Gasteiger partial charge in [-0.15, -0.1) is 10.2 Å². The topological polar surface area (TPSA) is 101 Å². The molecule has 0 radical (unpaired) electrons. The zero-order valence-corrected chi connectivity index (χ0v) is 12.7. The van der Waals surface area contributed by atoms with E-state index in [2.05, 4.69) is 15.2 Å². The number of azo groups is 1. The first kappa shape index (κ1) is 14.9. The Morgan fingerprint density at radius 1 is 1.04 bits per heavy atom. The first-order valence-electron chi connectivity index (χ1n) is 6.71. The van der Waals surface area contributed by atoms with E-state index in [1.165, 1.54) is 17.4 Å². The van der Waals surface area contributed by atoms with Crippen molar-refractivity contribution in [3.05, 3.63) is 60.2 Å². The molecular formula is C16H12N4O2S. The van der Waals surface area contributed by atoms with E-state index in [1.54, 1.807) is 18.2 Å². The summed E-state index contributed by atoms with van der Waals surface area (Å²) in [6.45, 7) is 0. The summed E-state index contributed by atoms with van der Waals surface area (Å²) in [7, 11) is 0. The fourth-order valence-electron chi connectivity index (χ4n) is 2.02. The maximum Gasteiger partial charge on any atom is 0.337 e. The zero-order chi connectivity index (χ0) is 16.2. The van der Waals surface area contributed by atoms with Gasteiger partial charge in [-0.25, -0.2) is 9.78 Å². The van der Waals surface area contributed by atoms with Crippen LogP contribution in [0.1, 0.15) is 10.4 Å². The second-order valence-corrected chi connectivity index (χ2v) is 5.60. The lowest BCUT2D eigenvalue weighted by Crippen LogP contribution is -1.95. The van der Waals surface area contributed by atoms with Gasteiger partial charge in [0.15, 0.2) is 10.1 Å². The molecule has 0 aliphatic carbocycles. The van der Waals surface area contributed by atoms with Gasteiger partial charge in [-0.05, 0) is 12.1 Å². The van der Waals surface area contributed by atoms with Gasteiger partial charge in [-0.2, -0.15) is 0 Å². The van der Waals surface area contributed by atoms with Gasteiger partial charge in [-0.1, -0.05) is 53.8 Å². The molecule has 0 bridgehead atoms. The average Bonchev–Trinajstić information content (AvgIpc) is 2.95. The Hall–Kier alpha value is -3.06. The highest BCUT2D eigenvalue weighted by Crippen LogP contribution is 2.37. The van der Waals surface area contributed by atoms with Crippen LogP contribution >= 0.6 is 11.3 Å². The van der Waals surface area contributed by atoms with Crippen molar-refractivity contribution in [1.29, 1.82) is 0 Å². The van der Waals surface area contributed by atoms with Crippen molar-refractivity contribution in [2.75, 3.05) is 5.73 Å². The predicted molar refractivity (Wildman–Crippen MR) is 89.5 cm³/mol. The van der Waals surface area contributed by atoms with E-state index in [0.29, 0.717) is 15.8 Å². The summed E-state index contributed by atoms with van der Waals surface area (Å²) in [5, 5.41) is 18.3. The van der Waals surface area contributed by atoms with Crippen molar-refractivity contribution in [3.8, 4) is 11.3 Å². The summed E-state index contributed by atoms with van der Waals surface area (Å²) in [6.07, 6.45) is 0. The molecule has 3 N–H and O–H groups in total. The molecule has 3 aromatic rings. The molecule has 0 saturated carbocycles. The predicted octanol–water partition coefficient (Wildman–Crippen LogP) is 4.51. The number of nitrogens with zero attached hydrogens (tertiary/aromatic N) is 3. The van der Waals surface area contributed by atoms with Crippen LogP contribution in [-0.2, 0) is 0 Å². The fraction of sp³-hybridized carbons (Fsp3) is 0. The Kier molecular flexibility index (Phi) is 4.11. The molecule has 0 atom stereocenters. The quantitative estimate of drug-likeness (QED) is 0.689. The number of nitrogen functional groups attached to an aromatic ring is 1. The molecule has 2 aromatic carbocycles. The molecule has 0 aliphatic heterocycles. The SMILES string of the molecule is Nc1nc(-c2ccccc2)c(N=Nc2ccccc2C(=O)O)s1. The van der Waals surface area contributed by atoms with Crippen LogP contribution in [0.2, 0.25) is 0 Å². The molecule has 1 heterocycles. The summed E-state index contributed by atoms with van der Waals surface area (Å²) in [4.78, 5) is 15.5. The molecule has 1 aromatic heterocycles. The molecule has 3 rings (SSSR count). The van der Waals surface area contributed by atoms with Crippen molar-refractivity contribution in [2.45, 2.75) is 0 Å². The summed E-state index contributed by atoms with van der Waals surface area (Å²) in [5.74, 6) is -1.05. The number of aromatic nitrogens is 1. The maximum atomic E-state index is 11.2. The molecule has 23 heavy (non-hydrogen) atoms. The molecule has 0 amide bonds. The van der Waals surface area contributed by atoms with Crippen LogP contribution in [0.15, 0.2) is 64.8 Å². The molecule has 114 valence electrons. The third kappa shape index (κ3) is 3.24. The number of nitrogens with two attached hydrogens (primary N) is 1. The average molecular weight is 324 g/mol. The van der Waals surface area contributed by atoms with Crippen LogP contribution < -0.4 is 5.73 Å². The van der Waals surface area contributed by atoms with Crippen molar-refractivity contribution < 1.29 is 9.90 Å². The molecule has 0 spiro atoms. The highest BCUT2D eigenvalue weighted by Gasteiger charge is 2.12. The lowest BCUT2D eigenvalue weighted by Gasteiger charge is -1.99. The number of carbonyl (C=O) groups is 1. The Labute approximate surface area is 136 Å². The van der Waals surface area contributed by atoms with Crippen LogP contribution in [0.25, 0.3) is 11.3 Å². The molecule has 0 fully saturated rings. The standard InChI is InChI=1S/C16H12N4O2S/c17-16-18-13(10-6-2-1-3-7-10)14(23-16)20-19-12-9-5-4-8-11(12)15(21)22/h1-9H,(H2,17,18)(H,21,22). The van der Waals surface area contributed by atoms with E-state index in [4.69, 9.17) is 10.8 Å². The number of hydrogen-bond donors (Lipinski definition) is 2. The fourth-order valence-corrected chi connectivity index (χ4v) is 2.70. The minimum atomic E-state index is -1.05. The number of aromatic carboxylic acids is 1. The summed E-state index contributed by atoms with van der Waals surface area (Å²) < 4.78 is 0. The third-order valence-electron chi connectivity index (χ3n) is 3.06. The first-order chi connectivity index (χ1) is 11.1. The van der Waals surface area contributed by atoms with Crippen LogP contribution in [-0.4, -0.2) is 16.1 Å². The van der Waals surface area contributed by atoms with E-state index >= 15 is 0 Å². The monoisotopic (exact) mass is 324 g/mol. The molecule has 7 heteroatoms. The van der Waals surface area contributed by atoms with Crippen LogP contribution in [0.3, 0.4) is 0 Å². The Morgan fingerprint density at radius 2 is 1.74 bits per heavy atom. The van der Waals surface area contributed by atoms with E-state index in [0.717, 1.165) is 5.56 Å². The normalized spacial score (nSPS) is 11.0. The Balaban J connectivity index is 2.00. The van der Waals surface area contributed by atoms with Gasteiger partial charge >= 0.3 is 5.97 Å². The minimum Gasteiger partial charge on any atom is -0.478 e. The second kappa shape index (κ2) is 6.37. The number of benzene rings is 2. The van der Waals surface area contributed by atoms with Crippen LogP contribution in [0, 0.1) is 0 Å². The number of thiazole rings is 1. The largest absolute Gasteiger partial charge is 0.478 e. The number of anilines is 1. The first-order valence-corrected chi connectivity index (χ1v) is 7.52. The van der Waals surface area contributed by atoms with Crippen molar-refractivity contribution in [2.24, 2.45) is 10.2 Å². The van der Waals surface area contributed by atoms with Gasteiger partial charge in [0.2, 0.25) is 0 Å². The number of carboxylic acids is 1. The van der Waals surface area contributed by atoms with Gasteiger partial charge in [-0.3, -0.25) is 0 Å². The second-order valence-electron chi connectivity index (χ2n) is 4.59. The van der Waals surface area contributed by atoms with Gasteiger partial charge in [0.1, 0.15) is 11.4 Å². The Bertz CT molecular complexity index is 875. The van der Waals surface area contributed by atoms with Gasteiger partial charge in [0.25, 0.3) is 0 Å². The molecule has 0 unspecified atom stereocenters. The zero-order valence-electron chi connectivity index (χ0n) is 11.9. The van der Waals surface area contributed by atoms with E-state index < -0.39 is 5.97 Å². The number of rotatable bonds is 4. The summed E-state index contributed by atoms with van der Waals surface area (Å²) in [6, 6.07) is 15.9. The minimum absolute atomic E-state index is 0.0926.